The van der Waals surface area contributed by atoms with Crippen LogP contribution in [0.4, 0.5) is 5.82 Å². The SMILES string of the molecule is CCc1nc(NCCc2ccco2)c2cc(C)sc2n1. The molecule has 0 aliphatic carbocycles. The molecular formula is C15H17N3OS. The number of furan rings is 1. The third-order valence-corrected chi connectivity index (χ3v) is 4.07. The summed E-state index contributed by atoms with van der Waals surface area (Å²) in [6.45, 7) is 4.98. The standard InChI is InChI=1S/C15H17N3OS/c1-3-13-17-14(12-9-10(2)20-15(12)18-13)16-7-6-11-5-4-8-19-11/h4-5,8-9H,3,6-7H2,1-2H3,(H,16,17,18). The number of thiophene rings is 1. The van der Waals surface area contributed by atoms with Gasteiger partial charge in [-0.25, -0.2) is 9.97 Å². The van der Waals surface area contributed by atoms with Gasteiger partial charge in [-0.3, -0.25) is 0 Å². The van der Waals surface area contributed by atoms with Crippen LogP contribution in [-0.4, -0.2) is 16.5 Å². The van der Waals surface area contributed by atoms with Gasteiger partial charge >= 0.3 is 0 Å². The Morgan fingerprint density at radius 3 is 3.00 bits per heavy atom. The summed E-state index contributed by atoms with van der Waals surface area (Å²) >= 11 is 1.72. The molecule has 0 saturated heterocycles. The molecule has 20 heavy (non-hydrogen) atoms. The van der Waals surface area contributed by atoms with Crippen LogP contribution < -0.4 is 5.32 Å². The Morgan fingerprint density at radius 2 is 2.25 bits per heavy atom. The van der Waals surface area contributed by atoms with E-state index in [1.807, 2.05) is 12.1 Å². The fourth-order valence-corrected chi connectivity index (χ4v) is 3.04. The van der Waals surface area contributed by atoms with Crippen LogP contribution in [0.5, 0.6) is 0 Å². The lowest BCUT2D eigenvalue weighted by atomic mass is 10.3. The Morgan fingerprint density at radius 1 is 1.35 bits per heavy atom. The first-order valence-electron chi connectivity index (χ1n) is 6.79. The molecule has 1 N–H and O–H groups in total. The monoisotopic (exact) mass is 287 g/mol. The van der Waals surface area contributed by atoms with Crippen LogP contribution in [-0.2, 0) is 12.8 Å². The van der Waals surface area contributed by atoms with E-state index >= 15 is 0 Å². The molecule has 0 radical (unpaired) electrons. The maximum absolute atomic E-state index is 5.34. The predicted molar refractivity (Wildman–Crippen MR) is 82.4 cm³/mol. The van der Waals surface area contributed by atoms with Crippen molar-refractivity contribution in [1.82, 2.24) is 9.97 Å². The summed E-state index contributed by atoms with van der Waals surface area (Å²) in [5.41, 5.74) is 0. The van der Waals surface area contributed by atoms with Gasteiger partial charge in [-0.1, -0.05) is 6.92 Å². The number of hydrogen-bond acceptors (Lipinski definition) is 5. The molecule has 0 atom stereocenters. The van der Waals surface area contributed by atoms with Gasteiger partial charge in [0, 0.05) is 24.3 Å². The minimum atomic E-state index is 0.803. The van der Waals surface area contributed by atoms with Gasteiger partial charge in [0.1, 0.15) is 22.2 Å². The lowest BCUT2D eigenvalue weighted by molar-refractivity contribution is 0.513. The molecule has 0 unspecified atom stereocenters. The average molecular weight is 287 g/mol. The van der Waals surface area contributed by atoms with Crippen LogP contribution in [0.2, 0.25) is 0 Å². The molecule has 3 aromatic rings. The largest absolute Gasteiger partial charge is 0.469 e. The van der Waals surface area contributed by atoms with Crippen LogP contribution in [0.25, 0.3) is 10.2 Å². The van der Waals surface area contributed by atoms with Gasteiger partial charge in [-0.05, 0) is 25.1 Å². The van der Waals surface area contributed by atoms with E-state index in [1.165, 1.54) is 4.88 Å². The minimum Gasteiger partial charge on any atom is -0.469 e. The summed E-state index contributed by atoms with van der Waals surface area (Å²) in [5.74, 6) is 2.81. The topological polar surface area (TPSA) is 51.0 Å². The van der Waals surface area contributed by atoms with Crippen LogP contribution >= 0.6 is 11.3 Å². The normalized spacial score (nSPS) is 11.1. The number of anilines is 1. The second kappa shape index (κ2) is 5.63. The van der Waals surface area contributed by atoms with E-state index in [0.29, 0.717) is 0 Å². The highest BCUT2D eigenvalue weighted by molar-refractivity contribution is 7.18. The zero-order chi connectivity index (χ0) is 13.9. The summed E-state index contributed by atoms with van der Waals surface area (Å²) in [6, 6.07) is 6.05. The maximum Gasteiger partial charge on any atom is 0.138 e. The van der Waals surface area contributed by atoms with Crippen molar-refractivity contribution < 1.29 is 4.42 Å². The van der Waals surface area contributed by atoms with E-state index in [4.69, 9.17) is 4.42 Å². The number of fused-ring (bicyclic) bond motifs is 1. The summed E-state index contributed by atoms with van der Waals surface area (Å²) in [7, 11) is 0. The van der Waals surface area contributed by atoms with Crippen molar-refractivity contribution in [3.05, 3.63) is 40.9 Å². The van der Waals surface area contributed by atoms with Crippen molar-refractivity contribution in [1.29, 1.82) is 0 Å². The fourth-order valence-electron chi connectivity index (χ4n) is 2.14. The van der Waals surface area contributed by atoms with Crippen LogP contribution in [0, 0.1) is 6.92 Å². The van der Waals surface area contributed by atoms with E-state index in [-0.39, 0.29) is 0 Å². The van der Waals surface area contributed by atoms with Gasteiger partial charge in [0.05, 0.1) is 11.6 Å². The van der Waals surface area contributed by atoms with Crippen LogP contribution in [0.3, 0.4) is 0 Å². The molecule has 0 fully saturated rings. The highest BCUT2D eigenvalue weighted by Gasteiger charge is 2.09. The number of aromatic nitrogens is 2. The molecule has 0 amide bonds. The van der Waals surface area contributed by atoms with Gasteiger partial charge in [-0.15, -0.1) is 11.3 Å². The first kappa shape index (κ1) is 13.1. The molecule has 0 aromatic carbocycles. The quantitative estimate of drug-likeness (QED) is 0.775. The van der Waals surface area contributed by atoms with Crippen molar-refractivity contribution in [2.75, 3.05) is 11.9 Å². The summed E-state index contributed by atoms with van der Waals surface area (Å²) in [4.78, 5) is 11.5. The zero-order valence-electron chi connectivity index (χ0n) is 11.6. The minimum absolute atomic E-state index is 0.803. The first-order valence-corrected chi connectivity index (χ1v) is 7.61. The zero-order valence-corrected chi connectivity index (χ0v) is 12.5. The van der Waals surface area contributed by atoms with Crippen molar-refractivity contribution >= 4 is 27.4 Å². The molecule has 3 heterocycles. The van der Waals surface area contributed by atoms with Gasteiger partial charge in [-0.2, -0.15) is 0 Å². The Balaban J connectivity index is 1.81. The number of aryl methyl sites for hydroxylation is 2. The highest BCUT2D eigenvalue weighted by atomic mass is 32.1. The van der Waals surface area contributed by atoms with Crippen molar-refractivity contribution in [2.24, 2.45) is 0 Å². The van der Waals surface area contributed by atoms with E-state index in [9.17, 15) is 0 Å². The second-order valence-electron chi connectivity index (χ2n) is 4.67. The van der Waals surface area contributed by atoms with E-state index in [0.717, 1.165) is 47.0 Å². The lowest BCUT2D eigenvalue weighted by Crippen LogP contribution is -2.08. The summed E-state index contributed by atoms with van der Waals surface area (Å²) in [6.07, 6.45) is 3.40. The molecule has 0 saturated carbocycles. The predicted octanol–water partition coefficient (Wildman–Crippen LogP) is 3.81. The second-order valence-corrected chi connectivity index (χ2v) is 5.91. The van der Waals surface area contributed by atoms with Gasteiger partial charge in [0.25, 0.3) is 0 Å². The first-order chi connectivity index (χ1) is 9.76. The maximum atomic E-state index is 5.34. The highest BCUT2D eigenvalue weighted by Crippen LogP contribution is 2.28. The number of nitrogens with one attached hydrogen (secondary N) is 1. The molecule has 4 nitrogen and oxygen atoms in total. The Hall–Kier alpha value is -1.88. The number of hydrogen-bond donors (Lipinski definition) is 1. The molecule has 0 aliphatic heterocycles. The lowest BCUT2D eigenvalue weighted by Gasteiger charge is -2.07. The third kappa shape index (κ3) is 2.67. The smallest absolute Gasteiger partial charge is 0.138 e. The third-order valence-electron chi connectivity index (χ3n) is 3.12. The Kier molecular flexibility index (Phi) is 3.69. The van der Waals surface area contributed by atoms with Gasteiger partial charge < -0.3 is 9.73 Å². The fraction of sp³-hybridized carbons (Fsp3) is 0.333. The van der Waals surface area contributed by atoms with E-state index in [2.05, 4.69) is 35.2 Å². The Labute approximate surface area is 121 Å². The van der Waals surface area contributed by atoms with Crippen molar-refractivity contribution in [3.8, 4) is 0 Å². The van der Waals surface area contributed by atoms with E-state index < -0.39 is 0 Å². The van der Waals surface area contributed by atoms with Gasteiger partial charge in [0.15, 0.2) is 0 Å². The van der Waals surface area contributed by atoms with E-state index in [1.54, 1.807) is 17.6 Å². The molecule has 0 aliphatic rings. The molecular weight excluding hydrogens is 270 g/mol. The van der Waals surface area contributed by atoms with Crippen LogP contribution in [0.1, 0.15) is 23.4 Å². The molecule has 104 valence electrons. The van der Waals surface area contributed by atoms with Gasteiger partial charge in [0.2, 0.25) is 0 Å². The van der Waals surface area contributed by atoms with Crippen molar-refractivity contribution in [2.45, 2.75) is 26.7 Å². The van der Waals surface area contributed by atoms with Crippen LogP contribution in [0.15, 0.2) is 28.9 Å². The average Bonchev–Trinajstić information content (AvgIpc) is 3.06. The molecule has 3 aromatic heterocycles. The van der Waals surface area contributed by atoms with Crippen molar-refractivity contribution in [3.63, 3.8) is 0 Å². The molecule has 0 spiro atoms. The number of nitrogens with zero attached hydrogens (tertiary/aromatic N) is 2. The molecule has 5 heteroatoms. The number of rotatable bonds is 5. The molecule has 0 bridgehead atoms. The molecule has 3 rings (SSSR count). The summed E-state index contributed by atoms with van der Waals surface area (Å²) < 4.78 is 5.34. The Bertz CT molecular complexity index is 703. The summed E-state index contributed by atoms with van der Waals surface area (Å²) in [5, 5.41) is 4.52.